The second-order valence-electron chi connectivity index (χ2n) is 4.40. The predicted octanol–water partition coefficient (Wildman–Crippen LogP) is 4.39. The molecule has 3 rings (SSSR count). The van der Waals surface area contributed by atoms with E-state index in [-0.39, 0.29) is 0 Å². The van der Waals surface area contributed by atoms with Gasteiger partial charge in [0.2, 0.25) is 5.89 Å². The Morgan fingerprint density at radius 2 is 2.14 bits per heavy atom. The van der Waals surface area contributed by atoms with E-state index in [1.807, 2.05) is 37.3 Å². The minimum absolute atomic E-state index is 0.587. The van der Waals surface area contributed by atoms with E-state index in [1.165, 1.54) is 11.8 Å². The van der Waals surface area contributed by atoms with E-state index in [2.05, 4.69) is 15.0 Å². The van der Waals surface area contributed by atoms with Crippen molar-refractivity contribution in [3.8, 4) is 11.3 Å². The Bertz CT molecular complexity index is 760. The number of oxazole rings is 1. The molecule has 0 aliphatic rings. The molecule has 4 nitrogen and oxygen atoms in total. The van der Waals surface area contributed by atoms with Crippen molar-refractivity contribution in [2.24, 2.45) is 0 Å². The third kappa shape index (κ3) is 3.62. The fourth-order valence-electron chi connectivity index (χ4n) is 1.77. The molecule has 0 radical (unpaired) electrons. The minimum Gasteiger partial charge on any atom is -0.440 e. The van der Waals surface area contributed by atoms with E-state index in [9.17, 15) is 0 Å². The predicted molar refractivity (Wildman–Crippen MR) is 83.3 cm³/mol. The number of benzene rings is 1. The van der Waals surface area contributed by atoms with Gasteiger partial charge in [-0.25, -0.2) is 15.0 Å². The van der Waals surface area contributed by atoms with Crippen LogP contribution < -0.4 is 0 Å². The minimum atomic E-state index is 0.587. The summed E-state index contributed by atoms with van der Waals surface area (Å²) in [5, 5.41) is 1.39. The maximum Gasteiger partial charge on any atom is 0.205 e. The summed E-state index contributed by atoms with van der Waals surface area (Å²) < 4.78 is 5.73. The van der Waals surface area contributed by atoms with E-state index < -0.39 is 0 Å². The van der Waals surface area contributed by atoms with Crippen LogP contribution in [0.4, 0.5) is 0 Å². The zero-order valence-electron chi connectivity index (χ0n) is 11.3. The van der Waals surface area contributed by atoms with Crippen LogP contribution in [0.2, 0.25) is 5.02 Å². The number of aromatic nitrogens is 3. The molecule has 21 heavy (non-hydrogen) atoms. The van der Waals surface area contributed by atoms with Crippen LogP contribution >= 0.6 is 23.4 Å². The second-order valence-corrected chi connectivity index (χ2v) is 5.78. The summed E-state index contributed by atoms with van der Waals surface area (Å²) in [6, 6.07) is 9.37. The molecule has 0 bridgehead atoms. The van der Waals surface area contributed by atoms with E-state index in [0.29, 0.717) is 22.4 Å². The summed E-state index contributed by atoms with van der Waals surface area (Å²) in [4.78, 5) is 12.8. The van der Waals surface area contributed by atoms with Crippen molar-refractivity contribution in [3.63, 3.8) is 0 Å². The number of nitrogens with zero attached hydrogens (tertiary/aromatic N) is 3. The molecule has 0 aliphatic carbocycles. The Hall–Kier alpha value is -1.85. The largest absolute Gasteiger partial charge is 0.440 e. The van der Waals surface area contributed by atoms with Gasteiger partial charge in [0.25, 0.3) is 0 Å². The number of hydrogen-bond donors (Lipinski definition) is 0. The molecule has 0 amide bonds. The maximum absolute atomic E-state index is 5.97. The summed E-state index contributed by atoms with van der Waals surface area (Å²) in [5.41, 5.74) is 1.86. The maximum atomic E-state index is 5.97. The van der Waals surface area contributed by atoms with Crippen molar-refractivity contribution in [2.45, 2.75) is 17.8 Å². The van der Waals surface area contributed by atoms with Gasteiger partial charge >= 0.3 is 0 Å². The summed E-state index contributed by atoms with van der Waals surface area (Å²) in [6.07, 6.45) is 3.45. The van der Waals surface area contributed by atoms with E-state index in [4.69, 9.17) is 16.0 Å². The van der Waals surface area contributed by atoms with Crippen molar-refractivity contribution in [3.05, 3.63) is 59.3 Å². The molecule has 0 unspecified atom stereocenters. The standard InChI is InChI=1S/C15H12ClN3OS/c1-10-5-6-17-15(19-10)21-9-14-18-8-13(20-14)11-3-2-4-12(16)7-11/h2-8H,9H2,1H3. The lowest BCUT2D eigenvalue weighted by molar-refractivity contribution is 0.530. The van der Waals surface area contributed by atoms with Gasteiger partial charge < -0.3 is 4.42 Å². The molecule has 0 spiro atoms. The van der Waals surface area contributed by atoms with Crippen molar-refractivity contribution < 1.29 is 4.42 Å². The van der Waals surface area contributed by atoms with Crippen LogP contribution in [-0.2, 0) is 5.75 Å². The smallest absolute Gasteiger partial charge is 0.205 e. The summed E-state index contributed by atoms with van der Waals surface area (Å²) in [7, 11) is 0. The van der Waals surface area contributed by atoms with Crippen LogP contribution in [0.25, 0.3) is 11.3 Å². The monoisotopic (exact) mass is 317 g/mol. The molecule has 2 heterocycles. The Kier molecular flexibility index (Phi) is 4.22. The summed E-state index contributed by atoms with van der Waals surface area (Å²) in [6.45, 7) is 1.94. The van der Waals surface area contributed by atoms with Gasteiger partial charge in [0.05, 0.1) is 11.9 Å². The first kappa shape index (κ1) is 14.1. The fraction of sp³-hybridized carbons (Fsp3) is 0.133. The molecular formula is C15H12ClN3OS. The lowest BCUT2D eigenvalue weighted by atomic mass is 10.2. The molecule has 0 fully saturated rings. The van der Waals surface area contributed by atoms with Crippen LogP contribution in [-0.4, -0.2) is 15.0 Å². The molecule has 2 aromatic heterocycles. The van der Waals surface area contributed by atoms with Crippen molar-refractivity contribution in [2.75, 3.05) is 0 Å². The third-order valence-corrected chi connectivity index (χ3v) is 3.84. The Morgan fingerprint density at radius 3 is 2.95 bits per heavy atom. The highest BCUT2D eigenvalue weighted by molar-refractivity contribution is 7.98. The molecule has 0 saturated heterocycles. The Morgan fingerprint density at radius 1 is 1.24 bits per heavy atom. The zero-order chi connectivity index (χ0) is 14.7. The highest BCUT2D eigenvalue weighted by Crippen LogP contribution is 2.25. The number of halogens is 1. The van der Waals surface area contributed by atoms with Gasteiger partial charge in [-0.05, 0) is 25.1 Å². The lowest BCUT2D eigenvalue weighted by Gasteiger charge is -1.98. The van der Waals surface area contributed by atoms with Crippen LogP contribution in [0.1, 0.15) is 11.6 Å². The van der Waals surface area contributed by atoms with E-state index >= 15 is 0 Å². The van der Waals surface area contributed by atoms with Gasteiger partial charge in [-0.2, -0.15) is 0 Å². The molecule has 6 heteroatoms. The van der Waals surface area contributed by atoms with Crippen molar-refractivity contribution in [1.82, 2.24) is 15.0 Å². The molecule has 0 atom stereocenters. The summed E-state index contributed by atoms with van der Waals surface area (Å²) in [5.74, 6) is 1.93. The highest BCUT2D eigenvalue weighted by atomic mass is 35.5. The van der Waals surface area contributed by atoms with Crippen molar-refractivity contribution >= 4 is 23.4 Å². The first-order chi connectivity index (χ1) is 10.2. The molecule has 0 saturated carbocycles. The summed E-state index contributed by atoms with van der Waals surface area (Å²) >= 11 is 7.47. The number of hydrogen-bond acceptors (Lipinski definition) is 5. The molecule has 0 N–H and O–H groups in total. The van der Waals surface area contributed by atoms with Crippen molar-refractivity contribution in [1.29, 1.82) is 0 Å². The topological polar surface area (TPSA) is 51.8 Å². The number of thioether (sulfide) groups is 1. The molecule has 106 valence electrons. The number of rotatable bonds is 4. The van der Waals surface area contributed by atoms with Crippen LogP contribution in [0, 0.1) is 6.92 Å². The number of aryl methyl sites for hydroxylation is 1. The first-order valence-corrected chi connectivity index (χ1v) is 7.70. The average molecular weight is 318 g/mol. The Balaban J connectivity index is 1.71. The fourth-order valence-corrected chi connectivity index (χ4v) is 2.69. The second kappa shape index (κ2) is 6.28. The molecule has 0 aliphatic heterocycles. The quantitative estimate of drug-likeness (QED) is 0.528. The zero-order valence-corrected chi connectivity index (χ0v) is 12.9. The SMILES string of the molecule is Cc1ccnc(SCc2ncc(-c3cccc(Cl)c3)o2)n1. The van der Waals surface area contributed by atoms with Crippen LogP contribution in [0.15, 0.2) is 52.3 Å². The average Bonchev–Trinajstić information content (AvgIpc) is 2.94. The van der Waals surface area contributed by atoms with Gasteiger partial charge in [-0.1, -0.05) is 35.5 Å². The van der Waals surface area contributed by atoms with E-state index in [1.54, 1.807) is 12.4 Å². The molecule has 3 aromatic rings. The third-order valence-electron chi connectivity index (χ3n) is 2.76. The molecule has 1 aromatic carbocycles. The molecular weight excluding hydrogens is 306 g/mol. The van der Waals surface area contributed by atoms with Gasteiger partial charge in [-0.15, -0.1) is 0 Å². The van der Waals surface area contributed by atoms with Gasteiger partial charge in [0.15, 0.2) is 10.9 Å². The van der Waals surface area contributed by atoms with Crippen LogP contribution in [0.5, 0.6) is 0 Å². The normalized spacial score (nSPS) is 10.8. The lowest BCUT2D eigenvalue weighted by Crippen LogP contribution is -1.89. The Labute approximate surface area is 131 Å². The van der Waals surface area contributed by atoms with Gasteiger partial charge in [-0.3, -0.25) is 0 Å². The first-order valence-electron chi connectivity index (χ1n) is 6.34. The van der Waals surface area contributed by atoms with Gasteiger partial charge in [0.1, 0.15) is 0 Å². The van der Waals surface area contributed by atoms with Gasteiger partial charge in [0, 0.05) is 22.5 Å². The highest BCUT2D eigenvalue weighted by Gasteiger charge is 2.08. The van der Waals surface area contributed by atoms with Crippen LogP contribution in [0.3, 0.4) is 0 Å². The van der Waals surface area contributed by atoms with E-state index in [0.717, 1.165) is 16.4 Å².